The van der Waals surface area contributed by atoms with E-state index in [1.807, 2.05) is 0 Å². The lowest BCUT2D eigenvalue weighted by Gasteiger charge is -2.05. The summed E-state index contributed by atoms with van der Waals surface area (Å²) < 4.78 is 0. The minimum Gasteiger partial charge on any atom is -0.502 e. The number of amides is 2. The van der Waals surface area contributed by atoms with Gasteiger partial charge in [0.1, 0.15) is 0 Å². The molecule has 0 fully saturated rings. The Morgan fingerprint density at radius 3 is 2.46 bits per heavy atom. The van der Waals surface area contributed by atoms with E-state index in [1.165, 1.54) is 25.1 Å². The fourth-order valence-corrected chi connectivity index (χ4v) is 2.14. The molecule has 0 unspecified atom stereocenters. The highest BCUT2D eigenvalue weighted by molar-refractivity contribution is 5.97. The average Bonchev–Trinajstić information content (AvgIpc) is 2.62. The molecule has 0 radical (unpaired) electrons. The molecule has 0 bridgehead atoms. The van der Waals surface area contributed by atoms with Gasteiger partial charge in [-0.05, 0) is 18.2 Å². The first-order chi connectivity index (χ1) is 13.2. The number of nitrogens with zero attached hydrogens (tertiary/aromatic N) is 3. The second-order valence-corrected chi connectivity index (χ2v) is 5.38. The van der Waals surface area contributed by atoms with Gasteiger partial charge < -0.3 is 10.4 Å². The van der Waals surface area contributed by atoms with Crippen molar-refractivity contribution in [3.63, 3.8) is 0 Å². The molecule has 2 amide bonds. The van der Waals surface area contributed by atoms with E-state index in [9.17, 15) is 34.9 Å². The number of rotatable bonds is 6. The minimum absolute atomic E-state index is 0.151. The topological polar surface area (TPSA) is 177 Å². The zero-order chi connectivity index (χ0) is 20.8. The molecular weight excluding hydrogens is 374 g/mol. The van der Waals surface area contributed by atoms with Gasteiger partial charge in [0.2, 0.25) is 11.7 Å². The Hall–Kier alpha value is -4.35. The number of phenolic OH excluding ortho intramolecular Hbond substituents is 1. The van der Waals surface area contributed by atoms with Gasteiger partial charge in [0.05, 0.1) is 27.7 Å². The highest BCUT2D eigenvalue weighted by Gasteiger charge is 2.23. The number of hydrogen-bond acceptors (Lipinski definition) is 8. The third-order valence-electron chi connectivity index (χ3n) is 3.33. The molecule has 0 aliphatic carbocycles. The van der Waals surface area contributed by atoms with Crippen LogP contribution in [0.3, 0.4) is 0 Å². The largest absolute Gasteiger partial charge is 0.502 e. The smallest absolute Gasteiger partial charge is 0.318 e. The van der Waals surface area contributed by atoms with E-state index in [-0.39, 0.29) is 17.0 Å². The van der Waals surface area contributed by atoms with Gasteiger partial charge in [0.15, 0.2) is 0 Å². The number of nitrogens with one attached hydrogen (secondary N) is 2. The van der Waals surface area contributed by atoms with Crippen LogP contribution < -0.4 is 10.7 Å². The summed E-state index contributed by atoms with van der Waals surface area (Å²) in [5, 5.41) is 37.7. The van der Waals surface area contributed by atoms with Crippen LogP contribution in [0.4, 0.5) is 17.1 Å². The summed E-state index contributed by atoms with van der Waals surface area (Å²) in [4.78, 5) is 43.1. The van der Waals surface area contributed by atoms with E-state index in [1.54, 1.807) is 6.07 Å². The van der Waals surface area contributed by atoms with E-state index in [2.05, 4.69) is 15.8 Å². The lowest BCUT2D eigenvalue weighted by Crippen LogP contribution is -2.18. The molecule has 144 valence electrons. The number of phenols is 1. The lowest BCUT2D eigenvalue weighted by atomic mass is 10.1. The zero-order valence-corrected chi connectivity index (χ0v) is 14.3. The van der Waals surface area contributed by atoms with Crippen molar-refractivity contribution in [1.29, 1.82) is 0 Å². The van der Waals surface area contributed by atoms with Crippen LogP contribution in [-0.4, -0.2) is 33.0 Å². The molecule has 2 aromatic rings. The van der Waals surface area contributed by atoms with Crippen LogP contribution >= 0.6 is 0 Å². The number of non-ortho nitro benzene ring substituents is 1. The number of carbonyl (C=O) groups excluding carboxylic acids is 2. The van der Waals surface area contributed by atoms with Crippen molar-refractivity contribution in [2.75, 3.05) is 5.32 Å². The zero-order valence-electron chi connectivity index (χ0n) is 14.3. The second kappa shape index (κ2) is 8.35. The summed E-state index contributed by atoms with van der Waals surface area (Å²) >= 11 is 0. The van der Waals surface area contributed by atoms with Crippen LogP contribution in [0.25, 0.3) is 0 Å². The molecule has 12 heteroatoms. The van der Waals surface area contributed by atoms with Gasteiger partial charge in [-0.2, -0.15) is 5.10 Å². The third-order valence-corrected chi connectivity index (χ3v) is 3.33. The predicted octanol–water partition coefficient (Wildman–Crippen LogP) is 1.93. The molecule has 0 aliphatic rings. The predicted molar refractivity (Wildman–Crippen MR) is 97.2 cm³/mol. The van der Waals surface area contributed by atoms with Gasteiger partial charge in [-0.3, -0.25) is 29.8 Å². The van der Waals surface area contributed by atoms with E-state index >= 15 is 0 Å². The van der Waals surface area contributed by atoms with Crippen molar-refractivity contribution in [3.05, 3.63) is 67.8 Å². The molecule has 0 aromatic heterocycles. The van der Waals surface area contributed by atoms with Crippen molar-refractivity contribution in [1.82, 2.24) is 5.43 Å². The summed E-state index contributed by atoms with van der Waals surface area (Å²) in [6.07, 6.45) is 0.838. The average molecular weight is 387 g/mol. The quantitative estimate of drug-likeness (QED) is 0.385. The fraction of sp³-hybridized carbons (Fsp3) is 0.0625. The SMILES string of the molecule is CC(=O)Nc1cccc(C(=O)N/N=C\c2cc([N+](=O)[O-])cc([N+](=O)[O-])c2O)c1. The number of nitro benzene ring substituents is 2. The maximum absolute atomic E-state index is 12.1. The maximum Gasteiger partial charge on any atom is 0.318 e. The number of anilines is 1. The van der Waals surface area contributed by atoms with Gasteiger partial charge in [-0.25, -0.2) is 5.43 Å². The number of carbonyl (C=O) groups is 2. The van der Waals surface area contributed by atoms with Crippen molar-refractivity contribution < 1.29 is 24.5 Å². The Morgan fingerprint density at radius 2 is 1.86 bits per heavy atom. The highest BCUT2D eigenvalue weighted by atomic mass is 16.6. The second-order valence-electron chi connectivity index (χ2n) is 5.38. The fourth-order valence-electron chi connectivity index (χ4n) is 2.14. The van der Waals surface area contributed by atoms with E-state index in [4.69, 9.17) is 0 Å². The summed E-state index contributed by atoms with van der Waals surface area (Å²) in [6, 6.07) is 7.42. The van der Waals surface area contributed by atoms with E-state index < -0.39 is 32.9 Å². The first-order valence-electron chi connectivity index (χ1n) is 7.56. The van der Waals surface area contributed by atoms with Crippen LogP contribution in [0.15, 0.2) is 41.5 Å². The summed E-state index contributed by atoms with van der Waals surface area (Å²) in [5.41, 5.74) is 0.835. The van der Waals surface area contributed by atoms with E-state index in [0.717, 1.165) is 12.3 Å². The molecule has 0 aliphatic heterocycles. The van der Waals surface area contributed by atoms with Crippen molar-refractivity contribution in [3.8, 4) is 5.75 Å². The molecule has 28 heavy (non-hydrogen) atoms. The lowest BCUT2D eigenvalue weighted by molar-refractivity contribution is -0.394. The standard InChI is InChI=1S/C16H13N5O7/c1-9(22)18-12-4-2-3-10(5-12)16(24)19-17-8-11-6-13(20(25)26)7-14(15(11)23)21(27)28/h2-8,23H,1H3,(H,18,22)(H,19,24)/b17-8-. The monoisotopic (exact) mass is 387 g/mol. The molecule has 3 N–H and O–H groups in total. The number of hydrazone groups is 1. The van der Waals surface area contributed by atoms with Crippen molar-refractivity contribution in [2.24, 2.45) is 5.10 Å². The molecule has 12 nitrogen and oxygen atoms in total. The van der Waals surface area contributed by atoms with Crippen LogP contribution in [0.2, 0.25) is 0 Å². The summed E-state index contributed by atoms with van der Waals surface area (Å²) in [7, 11) is 0. The van der Waals surface area contributed by atoms with Gasteiger partial charge >= 0.3 is 5.69 Å². The number of aromatic hydroxyl groups is 1. The number of hydrogen-bond donors (Lipinski definition) is 3. The number of nitro groups is 2. The van der Waals surface area contributed by atoms with Crippen LogP contribution in [0.5, 0.6) is 5.75 Å². The Morgan fingerprint density at radius 1 is 1.14 bits per heavy atom. The molecular formula is C16H13N5O7. The molecule has 0 atom stereocenters. The van der Waals surface area contributed by atoms with E-state index in [0.29, 0.717) is 11.8 Å². The van der Waals surface area contributed by atoms with Gasteiger partial charge in [-0.15, -0.1) is 0 Å². The van der Waals surface area contributed by atoms with Gasteiger partial charge in [0, 0.05) is 24.2 Å². The van der Waals surface area contributed by atoms with Crippen molar-refractivity contribution in [2.45, 2.75) is 6.92 Å². The minimum atomic E-state index is -0.980. The van der Waals surface area contributed by atoms with Crippen LogP contribution in [-0.2, 0) is 4.79 Å². The third kappa shape index (κ3) is 4.85. The molecule has 0 saturated heterocycles. The van der Waals surface area contributed by atoms with Crippen LogP contribution in [0.1, 0.15) is 22.8 Å². The molecule has 2 aromatic carbocycles. The van der Waals surface area contributed by atoms with Gasteiger partial charge in [0.25, 0.3) is 11.6 Å². The summed E-state index contributed by atoms with van der Waals surface area (Å²) in [6.45, 7) is 1.31. The Bertz CT molecular complexity index is 1000. The maximum atomic E-state index is 12.1. The Balaban J connectivity index is 2.22. The molecule has 0 heterocycles. The molecule has 2 rings (SSSR count). The number of benzene rings is 2. The molecule has 0 saturated carbocycles. The summed E-state index contributed by atoms with van der Waals surface area (Å²) in [5.74, 6) is -1.83. The first-order valence-corrected chi connectivity index (χ1v) is 7.56. The van der Waals surface area contributed by atoms with Gasteiger partial charge in [-0.1, -0.05) is 6.07 Å². The molecule has 0 spiro atoms. The Labute approximate surface area is 156 Å². The van der Waals surface area contributed by atoms with Crippen LogP contribution in [0, 0.1) is 20.2 Å². The normalized spacial score (nSPS) is 10.5. The Kier molecular flexibility index (Phi) is 5.96. The highest BCUT2D eigenvalue weighted by Crippen LogP contribution is 2.33. The van der Waals surface area contributed by atoms with Crippen molar-refractivity contribution >= 4 is 35.1 Å². The first kappa shape index (κ1) is 20.0.